The highest BCUT2D eigenvalue weighted by Crippen LogP contribution is 2.17. The number of nitrogens with two attached hydrogens (primary N) is 1. The number of amides is 1. The second-order valence-corrected chi connectivity index (χ2v) is 4.05. The van der Waals surface area contributed by atoms with Gasteiger partial charge in [-0.1, -0.05) is 0 Å². The van der Waals surface area contributed by atoms with Crippen LogP contribution < -0.4 is 11.1 Å². The highest BCUT2D eigenvalue weighted by Gasteiger charge is 2.16. The number of rotatable bonds is 4. The summed E-state index contributed by atoms with van der Waals surface area (Å²) in [4.78, 5) is 11.1. The van der Waals surface area contributed by atoms with Crippen LogP contribution in [0.25, 0.3) is 5.82 Å². The van der Waals surface area contributed by atoms with Crippen LogP contribution >= 0.6 is 0 Å². The van der Waals surface area contributed by atoms with Crippen LogP contribution in [-0.4, -0.2) is 32.5 Å². The third-order valence-corrected chi connectivity index (χ3v) is 2.73. The predicted molar refractivity (Wildman–Crippen MR) is 66.3 cm³/mol. The highest BCUT2D eigenvalue weighted by atomic mass is 16.1. The van der Waals surface area contributed by atoms with Gasteiger partial charge in [0.15, 0.2) is 5.82 Å². The summed E-state index contributed by atoms with van der Waals surface area (Å²) in [5.74, 6) is 0.289. The molecule has 0 saturated carbocycles. The number of hydrogen-bond acceptors (Lipinski definition) is 4. The van der Waals surface area contributed by atoms with E-state index in [1.165, 1.54) is 0 Å². The lowest BCUT2D eigenvalue weighted by Gasteiger charge is -2.06. The molecular formula is C11H16N6O. The van der Waals surface area contributed by atoms with Crippen molar-refractivity contribution in [1.82, 2.24) is 24.9 Å². The third kappa shape index (κ3) is 2.00. The number of aromatic nitrogens is 4. The van der Waals surface area contributed by atoms with Crippen molar-refractivity contribution in [3.05, 3.63) is 29.2 Å². The topological polar surface area (TPSA) is 90.8 Å². The molecule has 1 amide bonds. The first-order valence-corrected chi connectivity index (χ1v) is 5.57. The average Bonchev–Trinajstić information content (AvgIpc) is 2.86. The van der Waals surface area contributed by atoms with Crippen LogP contribution in [0, 0.1) is 6.92 Å². The summed E-state index contributed by atoms with van der Waals surface area (Å²) in [5.41, 5.74) is 7.41. The maximum atomic E-state index is 11.1. The van der Waals surface area contributed by atoms with Gasteiger partial charge >= 0.3 is 0 Å². The van der Waals surface area contributed by atoms with E-state index in [2.05, 4.69) is 15.5 Å². The van der Waals surface area contributed by atoms with E-state index in [0.717, 1.165) is 17.1 Å². The summed E-state index contributed by atoms with van der Waals surface area (Å²) in [6.07, 6.45) is 1.70. The van der Waals surface area contributed by atoms with Gasteiger partial charge in [0.25, 0.3) is 5.91 Å². The van der Waals surface area contributed by atoms with Crippen LogP contribution in [0.5, 0.6) is 0 Å². The molecule has 7 nitrogen and oxygen atoms in total. The molecule has 0 spiro atoms. The van der Waals surface area contributed by atoms with Gasteiger partial charge in [0.1, 0.15) is 5.69 Å². The molecule has 2 rings (SSSR count). The Morgan fingerprint density at radius 1 is 1.50 bits per heavy atom. The van der Waals surface area contributed by atoms with E-state index in [1.54, 1.807) is 21.6 Å². The number of primary amides is 1. The molecule has 0 aliphatic carbocycles. The van der Waals surface area contributed by atoms with Gasteiger partial charge in [0, 0.05) is 25.4 Å². The van der Waals surface area contributed by atoms with Crippen molar-refractivity contribution < 1.29 is 4.79 Å². The van der Waals surface area contributed by atoms with Gasteiger partial charge in [-0.2, -0.15) is 10.2 Å². The fourth-order valence-electron chi connectivity index (χ4n) is 1.93. The molecule has 0 atom stereocenters. The molecule has 2 heterocycles. The van der Waals surface area contributed by atoms with Crippen molar-refractivity contribution in [1.29, 1.82) is 0 Å². The monoisotopic (exact) mass is 248 g/mol. The Hall–Kier alpha value is -2.15. The summed E-state index contributed by atoms with van der Waals surface area (Å²) in [6, 6.07) is 1.59. The van der Waals surface area contributed by atoms with Crippen LogP contribution in [0.4, 0.5) is 0 Å². The Kier molecular flexibility index (Phi) is 3.15. The molecule has 2 aromatic heterocycles. The van der Waals surface area contributed by atoms with E-state index in [4.69, 9.17) is 5.73 Å². The Bertz CT molecular complexity index is 582. The minimum Gasteiger partial charge on any atom is -0.364 e. The molecule has 2 aromatic rings. The number of aryl methyl sites for hydroxylation is 2. The average molecular weight is 248 g/mol. The minimum absolute atomic E-state index is 0.240. The Morgan fingerprint density at radius 2 is 2.22 bits per heavy atom. The predicted octanol–water partition coefficient (Wildman–Crippen LogP) is -0.267. The lowest BCUT2D eigenvalue weighted by molar-refractivity contribution is 0.0995. The fraction of sp³-hybridized carbons (Fsp3) is 0.364. The number of nitrogens with zero attached hydrogens (tertiary/aromatic N) is 4. The second kappa shape index (κ2) is 4.61. The molecule has 18 heavy (non-hydrogen) atoms. The molecule has 7 heteroatoms. The summed E-state index contributed by atoms with van der Waals surface area (Å²) >= 11 is 0. The first-order valence-electron chi connectivity index (χ1n) is 5.57. The molecule has 96 valence electrons. The zero-order chi connectivity index (χ0) is 13.3. The largest absolute Gasteiger partial charge is 0.364 e. The minimum atomic E-state index is -0.539. The van der Waals surface area contributed by atoms with Gasteiger partial charge < -0.3 is 11.1 Å². The van der Waals surface area contributed by atoms with Crippen LogP contribution in [0.3, 0.4) is 0 Å². The third-order valence-electron chi connectivity index (χ3n) is 2.73. The van der Waals surface area contributed by atoms with Gasteiger partial charge in [-0.15, -0.1) is 0 Å². The SMILES string of the molecule is CNCc1c(C)nn(C)c1-n1ccc(C(N)=O)n1. The van der Waals surface area contributed by atoms with Gasteiger partial charge in [-0.3, -0.25) is 9.48 Å². The van der Waals surface area contributed by atoms with Gasteiger partial charge in [-0.25, -0.2) is 4.68 Å². The maximum absolute atomic E-state index is 11.1. The standard InChI is InChI=1S/C11H16N6O/c1-7-8(6-13-2)11(16(3)14-7)17-5-4-9(15-17)10(12)18/h4-5,13H,6H2,1-3H3,(H2,12,18). The lowest BCUT2D eigenvalue weighted by Crippen LogP contribution is -2.14. The van der Waals surface area contributed by atoms with Crippen molar-refractivity contribution >= 4 is 5.91 Å². The summed E-state index contributed by atoms with van der Waals surface area (Å²) in [6.45, 7) is 2.62. The molecule has 0 unspecified atom stereocenters. The van der Waals surface area contributed by atoms with Crippen molar-refractivity contribution in [2.75, 3.05) is 7.05 Å². The summed E-state index contributed by atoms with van der Waals surface area (Å²) in [5, 5.41) is 11.6. The van der Waals surface area contributed by atoms with E-state index >= 15 is 0 Å². The molecule has 0 aliphatic rings. The number of carbonyl (C=O) groups is 1. The smallest absolute Gasteiger partial charge is 0.269 e. The number of carbonyl (C=O) groups excluding carboxylic acids is 1. The molecule has 0 aromatic carbocycles. The molecule has 0 fully saturated rings. The van der Waals surface area contributed by atoms with Gasteiger partial charge in [0.05, 0.1) is 5.69 Å². The summed E-state index contributed by atoms with van der Waals surface area (Å²) < 4.78 is 3.35. The molecule has 0 saturated heterocycles. The van der Waals surface area contributed by atoms with E-state index in [0.29, 0.717) is 6.54 Å². The number of hydrogen-bond donors (Lipinski definition) is 2. The van der Waals surface area contributed by atoms with E-state index in [1.807, 2.05) is 21.0 Å². The Balaban J connectivity index is 2.51. The van der Waals surface area contributed by atoms with Crippen molar-refractivity contribution in [3.63, 3.8) is 0 Å². The quantitative estimate of drug-likeness (QED) is 0.779. The summed E-state index contributed by atoms with van der Waals surface area (Å²) in [7, 11) is 3.71. The van der Waals surface area contributed by atoms with Crippen LogP contribution in [0.2, 0.25) is 0 Å². The molecular weight excluding hydrogens is 232 g/mol. The van der Waals surface area contributed by atoms with E-state index in [9.17, 15) is 4.79 Å². The fourth-order valence-corrected chi connectivity index (χ4v) is 1.93. The molecule has 0 bridgehead atoms. The number of nitrogens with one attached hydrogen (secondary N) is 1. The maximum Gasteiger partial charge on any atom is 0.269 e. The lowest BCUT2D eigenvalue weighted by atomic mass is 10.2. The van der Waals surface area contributed by atoms with E-state index < -0.39 is 5.91 Å². The molecule has 0 radical (unpaired) electrons. The normalized spacial score (nSPS) is 10.8. The first kappa shape index (κ1) is 12.3. The van der Waals surface area contributed by atoms with Crippen LogP contribution in [0.15, 0.2) is 12.3 Å². The van der Waals surface area contributed by atoms with Gasteiger partial charge in [-0.05, 0) is 20.0 Å². The van der Waals surface area contributed by atoms with Crippen LogP contribution in [0.1, 0.15) is 21.7 Å². The second-order valence-electron chi connectivity index (χ2n) is 4.05. The zero-order valence-corrected chi connectivity index (χ0v) is 10.6. The van der Waals surface area contributed by atoms with Gasteiger partial charge in [0.2, 0.25) is 0 Å². The Labute approximate surface area is 105 Å². The zero-order valence-electron chi connectivity index (χ0n) is 10.6. The highest BCUT2D eigenvalue weighted by molar-refractivity contribution is 5.90. The van der Waals surface area contributed by atoms with Crippen molar-refractivity contribution in [2.24, 2.45) is 12.8 Å². The molecule has 3 N–H and O–H groups in total. The van der Waals surface area contributed by atoms with Crippen molar-refractivity contribution in [3.8, 4) is 5.82 Å². The van der Waals surface area contributed by atoms with Crippen LogP contribution in [-0.2, 0) is 13.6 Å². The first-order chi connectivity index (χ1) is 8.54. The van der Waals surface area contributed by atoms with Crippen molar-refractivity contribution in [2.45, 2.75) is 13.5 Å². The van der Waals surface area contributed by atoms with E-state index in [-0.39, 0.29) is 5.69 Å². The molecule has 0 aliphatic heterocycles. The Morgan fingerprint density at radius 3 is 2.78 bits per heavy atom.